The summed E-state index contributed by atoms with van der Waals surface area (Å²) in [7, 11) is -9.66. The first kappa shape index (κ1) is 12.0. The van der Waals surface area contributed by atoms with Crippen molar-refractivity contribution in [2.24, 2.45) is 0 Å². The molecule has 0 heterocycles. The second-order valence-electron chi connectivity index (χ2n) is 3.05. The van der Waals surface area contributed by atoms with Crippen LogP contribution in [0.25, 0.3) is 0 Å². The molecule has 0 saturated carbocycles. The topological polar surface area (TPSA) is 17.1 Å². The van der Waals surface area contributed by atoms with Gasteiger partial charge in [-0.05, 0) is 19.1 Å². The molecule has 15 heavy (non-hydrogen) atoms. The lowest BCUT2D eigenvalue weighted by Crippen LogP contribution is -2.07. The van der Waals surface area contributed by atoms with Crippen LogP contribution in [0.5, 0.6) is 0 Å². The Kier molecular flexibility index (Phi) is 2.01. The Labute approximate surface area is 82.6 Å². The fraction of sp³-hybridized carbons (Fsp3) is 0.125. The van der Waals surface area contributed by atoms with Crippen LogP contribution in [0.15, 0.2) is 29.2 Å². The molecule has 86 valence electrons. The number of ketones is 1. The molecule has 0 aliphatic heterocycles. The lowest BCUT2D eigenvalue weighted by atomic mass is 10.2. The van der Waals surface area contributed by atoms with Gasteiger partial charge in [0.1, 0.15) is 4.90 Å². The van der Waals surface area contributed by atoms with Crippen LogP contribution in [0.3, 0.4) is 0 Å². The number of hydrogen-bond donors (Lipinski definition) is 0. The number of benzene rings is 1. The summed E-state index contributed by atoms with van der Waals surface area (Å²) >= 11 is 0. The molecule has 0 aliphatic carbocycles. The highest BCUT2D eigenvalue weighted by molar-refractivity contribution is 8.45. The predicted molar refractivity (Wildman–Crippen MR) is 47.8 cm³/mol. The molecule has 1 rings (SSSR count). The molecule has 7 heteroatoms. The zero-order valence-electron chi connectivity index (χ0n) is 7.52. The van der Waals surface area contributed by atoms with Gasteiger partial charge in [0.15, 0.2) is 5.78 Å². The molecular formula is C8H7F5OS. The molecule has 0 atom stereocenters. The van der Waals surface area contributed by atoms with Crippen molar-refractivity contribution in [2.75, 3.05) is 0 Å². The molecule has 0 radical (unpaired) electrons. The van der Waals surface area contributed by atoms with E-state index in [0.717, 1.165) is 19.1 Å². The Hall–Kier alpha value is -1.11. The van der Waals surface area contributed by atoms with Gasteiger partial charge in [-0.3, -0.25) is 4.79 Å². The average Bonchev–Trinajstić information content (AvgIpc) is 2.00. The number of carbonyl (C=O) groups excluding carboxylic acids is 1. The van der Waals surface area contributed by atoms with Gasteiger partial charge in [0.25, 0.3) is 0 Å². The zero-order valence-corrected chi connectivity index (χ0v) is 8.33. The highest BCUT2D eigenvalue weighted by Crippen LogP contribution is 3.02. The van der Waals surface area contributed by atoms with Crippen molar-refractivity contribution < 1.29 is 24.2 Å². The fourth-order valence-electron chi connectivity index (χ4n) is 0.955. The minimum absolute atomic E-state index is 0.171. The van der Waals surface area contributed by atoms with Crippen LogP contribution in [0.2, 0.25) is 0 Å². The SMILES string of the molecule is CC(=O)c1cccc(S(F)(F)(F)(F)F)c1. The normalized spacial score (nSPS) is 16.7. The predicted octanol–water partition coefficient (Wildman–Crippen LogP) is 4.55. The Morgan fingerprint density at radius 1 is 1.13 bits per heavy atom. The molecule has 0 fully saturated rings. The van der Waals surface area contributed by atoms with Gasteiger partial charge < -0.3 is 0 Å². The maximum absolute atomic E-state index is 12.3. The summed E-state index contributed by atoms with van der Waals surface area (Å²) in [5, 5.41) is 0. The molecule has 1 aromatic rings. The maximum Gasteiger partial charge on any atom is 0.310 e. The van der Waals surface area contributed by atoms with Crippen molar-refractivity contribution in [3.05, 3.63) is 29.8 Å². The van der Waals surface area contributed by atoms with E-state index in [4.69, 9.17) is 0 Å². The summed E-state index contributed by atoms with van der Waals surface area (Å²) in [6.45, 7) is 1.00. The summed E-state index contributed by atoms with van der Waals surface area (Å²) in [6, 6.07) is 2.26. The Morgan fingerprint density at radius 2 is 1.67 bits per heavy atom. The van der Waals surface area contributed by atoms with Crippen LogP contribution in [0.4, 0.5) is 19.4 Å². The Balaban J connectivity index is 3.43. The van der Waals surface area contributed by atoms with Gasteiger partial charge in [-0.15, -0.1) is 0 Å². The van der Waals surface area contributed by atoms with Crippen LogP contribution in [0, 0.1) is 0 Å². The number of rotatable bonds is 2. The third-order valence-corrected chi connectivity index (χ3v) is 2.83. The van der Waals surface area contributed by atoms with Crippen molar-refractivity contribution in [3.63, 3.8) is 0 Å². The molecule has 0 aliphatic rings. The molecular weight excluding hydrogens is 239 g/mol. The number of Topliss-reactive ketones (excluding diaryl/α,β-unsaturated/α-hetero) is 1. The molecule has 0 spiro atoms. The highest BCUT2D eigenvalue weighted by atomic mass is 32.5. The van der Waals surface area contributed by atoms with E-state index in [1.165, 1.54) is 0 Å². The van der Waals surface area contributed by atoms with Gasteiger partial charge in [-0.2, -0.15) is 0 Å². The van der Waals surface area contributed by atoms with Crippen molar-refractivity contribution in [3.8, 4) is 0 Å². The molecule has 0 saturated heterocycles. The first-order valence-corrected chi connectivity index (χ1v) is 5.70. The molecule has 0 unspecified atom stereocenters. The van der Waals surface area contributed by atoms with E-state index in [2.05, 4.69) is 0 Å². The first-order valence-electron chi connectivity index (χ1n) is 3.75. The summed E-state index contributed by atoms with van der Waals surface area (Å²) < 4.78 is 61.4. The van der Waals surface area contributed by atoms with E-state index in [1.807, 2.05) is 0 Å². The van der Waals surface area contributed by atoms with Gasteiger partial charge in [0.05, 0.1) is 0 Å². The van der Waals surface area contributed by atoms with E-state index >= 15 is 0 Å². The summed E-state index contributed by atoms with van der Waals surface area (Å²) in [6.07, 6.45) is 0. The van der Waals surface area contributed by atoms with Crippen LogP contribution in [0.1, 0.15) is 17.3 Å². The standard InChI is InChI=1S/C8H7F5OS/c1-6(14)7-3-2-4-8(5-7)15(9,10,11,12)13/h2-5H,1H3. The quantitative estimate of drug-likeness (QED) is 0.552. The van der Waals surface area contributed by atoms with Crippen LogP contribution in [-0.4, -0.2) is 5.78 Å². The largest absolute Gasteiger partial charge is 0.310 e. The van der Waals surface area contributed by atoms with Gasteiger partial charge in [0, 0.05) is 5.56 Å². The lowest BCUT2D eigenvalue weighted by molar-refractivity contribution is 0.101. The van der Waals surface area contributed by atoms with E-state index in [0.29, 0.717) is 0 Å². The smallest absolute Gasteiger partial charge is 0.295 e. The molecule has 0 aromatic heterocycles. The van der Waals surface area contributed by atoms with Crippen molar-refractivity contribution in [1.82, 2.24) is 0 Å². The maximum atomic E-state index is 12.3. The van der Waals surface area contributed by atoms with Crippen LogP contribution < -0.4 is 0 Å². The third kappa shape index (κ3) is 2.92. The molecule has 1 nitrogen and oxygen atoms in total. The fourth-order valence-corrected chi connectivity index (χ4v) is 1.64. The highest BCUT2D eigenvalue weighted by Gasteiger charge is 2.65. The van der Waals surface area contributed by atoms with Gasteiger partial charge in [-0.25, -0.2) is 0 Å². The van der Waals surface area contributed by atoms with Gasteiger partial charge in [-0.1, -0.05) is 31.6 Å². The number of carbonyl (C=O) groups is 1. The monoisotopic (exact) mass is 246 g/mol. The van der Waals surface area contributed by atoms with E-state index in [1.54, 1.807) is 0 Å². The van der Waals surface area contributed by atoms with Crippen molar-refractivity contribution >= 4 is 16.0 Å². The van der Waals surface area contributed by atoms with Gasteiger partial charge >= 0.3 is 10.2 Å². The number of halogens is 5. The van der Waals surface area contributed by atoms with Crippen molar-refractivity contribution in [1.29, 1.82) is 0 Å². The zero-order chi connectivity index (χ0) is 12.0. The Bertz CT molecular complexity index is 421. The molecule has 0 N–H and O–H groups in total. The first-order chi connectivity index (χ1) is 6.40. The Morgan fingerprint density at radius 3 is 2.07 bits per heavy atom. The van der Waals surface area contributed by atoms with E-state index in [9.17, 15) is 24.2 Å². The van der Waals surface area contributed by atoms with E-state index in [-0.39, 0.29) is 17.7 Å². The average molecular weight is 246 g/mol. The summed E-state index contributed by atoms with van der Waals surface area (Å²) in [5.74, 6) is -0.696. The summed E-state index contributed by atoms with van der Waals surface area (Å²) in [5.41, 5.74) is -0.388. The van der Waals surface area contributed by atoms with Crippen LogP contribution in [-0.2, 0) is 0 Å². The third-order valence-electron chi connectivity index (χ3n) is 1.69. The minimum Gasteiger partial charge on any atom is -0.295 e. The molecule has 0 amide bonds. The van der Waals surface area contributed by atoms with E-state index < -0.39 is 20.9 Å². The summed E-state index contributed by atoms with van der Waals surface area (Å²) in [4.78, 5) is 8.69. The second kappa shape index (κ2) is 2.52. The number of hydrogen-bond acceptors (Lipinski definition) is 1. The second-order valence-corrected chi connectivity index (χ2v) is 5.46. The minimum atomic E-state index is -9.66. The van der Waals surface area contributed by atoms with Crippen LogP contribution >= 0.6 is 10.2 Å². The molecule has 0 bridgehead atoms. The van der Waals surface area contributed by atoms with Crippen molar-refractivity contribution in [2.45, 2.75) is 11.8 Å². The lowest BCUT2D eigenvalue weighted by Gasteiger charge is -2.40. The molecule has 1 aromatic carbocycles. The van der Waals surface area contributed by atoms with Gasteiger partial charge in [0.2, 0.25) is 0 Å².